The summed E-state index contributed by atoms with van der Waals surface area (Å²) in [5.41, 5.74) is 0.898. The molecule has 0 N–H and O–H groups in total. The Labute approximate surface area is 88.1 Å². The lowest BCUT2D eigenvalue weighted by Gasteiger charge is -2.06. The van der Waals surface area contributed by atoms with Gasteiger partial charge < -0.3 is 0 Å². The zero-order valence-electron chi connectivity index (χ0n) is 8.77. The molecule has 4 nitrogen and oxygen atoms in total. The average molecular weight is 207 g/mol. The van der Waals surface area contributed by atoms with Crippen LogP contribution < -0.4 is 0 Å². The Bertz CT molecular complexity index is 387. The topological polar surface area (TPSA) is 60.2 Å². The SMILES string of the molecule is CC(=O)[C@H](C)Cc1cccc([N+](=O)[O-])c1. The van der Waals surface area contributed by atoms with Crippen LogP contribution in [0.15, 0.2) is 24.3 Å². The molecule has 0 aliphatic rings. The van der Waals surface area contributed by atoms with Gasteiger partial charge in [-0.2, -0.15) is 0 Å². The van der Waals surface area contributed by atoms with Gasteiger partial charge in [0.15, 0.2) is 0 Å². The van der Waals surface area contributed by atoms with Crippen molar-refractivity contribution < 1.29 is 9.72 Å². The van der Waals surface area contributed by atoms with Crippen molar-refractivity contribution >= 4 is 11.5 Å². The highest BCUT2D eigenvalue weighted by Gasteiger charge is 2.11. The zero-order chi connectivity index (χ0) is 11.4. The summed E-state index contributed by atoms with van der Waals surface area (Å²) in [6.45, 7) is 3.35. The van der Waals surface area contributed by atoms with Gasteiger partial charge in [-0.25, -0.2) is 0 Å². The van der Waals surface area contributed by atoms with Crippen molar-refractivity contribution in [3.63, 3.8) is 0 Å². The number of carbonyl (C=O) groups excluding carboxylic acids is 1. The first-order valence-corrected chi connectivity index (χ1v) is 4.74. The zero-order valence-corrected chi connectivity index (χ0v) is 8.77. The molecule has 0 fully saturated rings. The number of carbonyl (C=O) groups is 1. The lowest BCUT2D eigenvalue weighted by molar-refractivity contribution is -0.384. The van der Waals surface area contributed by atoms with E-state index >= 15 is 0 Å². The maximum atomic E-state index is 11.0. The lowest BCUT2D eigenvalue weighted by atomic mass is 9.98. The molecule has 0 radical (unpaired) electrons. The average Bonchev–Trinajstić information content (AvgIpc) is 2.18. The van der Waals surface area contributed by atoms with Crippen LogP contribution in [-0.4, -0.2) is 10.7 Å². The number of nitro groups is 1. The maximum absolute atomic E-state index is 11.0. The number of ketones is 1. The molecule has 0 aliphatic heterocycles. The Balaban J connectivity index is 2.82. The van der Waals surface area contributed by atoms with E-state index in [2.05, 4.69) is 0 Å². The third-order valence-corrected chi connectivity index (χ3v) is 2.36. The van der Waals surface area contributed by atoms with E-state index in [1.165, 1.54) is 19.1 Å². The molecule has 0 saturated heterocycles. The second kappa shape index (κ2) is 4.68. The molecule has 0 heterocycles. The van der Waals surface area contributed by atoms with Gasteiger partial charge >= 0.3 is 0 Å². The molecule has 0 aromatic heterocycles. The molecule has 0 bridgehead atoms. The van der Waals surface area contributed by atoms with Crippen LogP contribution in [0.25, 0.3) is 0 Å². The summed E-state index contributed by atoms with van der Waals surface area (Å²) in [7, 11) is 0. The largest absolute Gasteiger partial charge is 0.300 e. The second-order valence-electron chi connectivity index (χ2n) is 3.64. The Kier molecular flexibility index (Phi) is 3.55. The van der Waals surface area contributed by atoms with Crippen LogP contribution in [-0.2, 0) is 11.2 Å². The van der Waals surface area contributed by atoms with Crippen molar-refractivity contribution in [3.05, 3.63) is 39.9 Å². The summed E-state index contributed by atoms with van der Waals surface area (Å²) in [6.07, 6.45) is 0.553. The van der Waals surface area contributed by atoms with Gasteiger partial charge in [0.1, 0.15) is 5.78 Å². The number of Topliss-reactive ketones (excluding diaryl/α,β-unsaturated/α-hetero) is 1. The van der Waals surface area contributed by atoms with Crippen LogP contribution in [0.2, 0.25) is 0 Å². The Morgan fingerprint density at radius 3 is 2.73 bits per heavy atom. The van der Waals surface area contributed by atoms with Gasteiger partial charge in [0.25, 0.3) is 5.69 Å². The molecular formula is C11H13NO3. The number of nitro benzene ring substituents is 1. The van der Waals surface area contributed by atoms with Gasteiger partial charge in [0, 0.05) is 18.1 Å². The highest BCUT2D eigenvalue weighted by atomic mass is 16.6. The smallest absolute Gasteiger partial charge is 0.269 e. The summed E-state index contributed by atoms with van der Waals surface area (Å²) in [6, 6.07) is 6.40. The van der Waals surface area contributed by atoms with Gasteiger partial charge in [0.2, 0.25) is 0 Å². The molecule has 0 aliphatic carbocycles. The Morgan fingerprint density at radius 1 is 1.53 bits per heavy atom. The molecule has 0 spiro atoms. The molecule has 80 valence electrons. The predicted octanol–water partition coefficient (Wildman–Crippen LogP) is 2.36. The van der Waals surface area contributed by atoms with E-state index in [9.17, 15) is 14.9 Å². The van der Waals surface area contributed by atoms with Crippen LogP contribution in [0.5, 0.6) is 0 Å². The maximum Gasteiger partial charge on any atom is 0.269 e. The predicted molar refractivity (Wildman–Crippen MR) is 56.6 cm³/mol. The molecule has 0 saturated carbocycles. The van der Waals surface area contributed by atoms with Crippen molar-refractivity contribution in [2.24, 2.45) is 5.92 Å². The third-order valence-electron chi connectivity index (χ3n) is 2.36. The minimum atomic E-state index is -0.429. The minimum Gasteiger partial charge on any atom is -0.300 e. The van der Waals surface area contributed by atoms with E-state index in [-0.39, 0.29) is 17.4 Å². The first-order chi connectivity index (χ1) is 7.00. The highest BCUT2D eigenvalue weighted by Crippen LogP contribution is 2.16. The van der Waals surface area contributed by atoms with Crippen molar-refractivity contribution in [3.8, 4) is 0 Å². The van der Waals surface area contributed by atoms with Crippen LogP contribution in [0, 0.1) is 16.0 Å². The van der Waals surface area contributed by atoms with Crippen LogP contribution >= 0.6 is 0 Å². The first-order valence-electron chi connectivity index (χ1n) is 4.74. The van der Waals surface area contributed by atoms with Gasteiger partial charge in [-0.05, 0) is 18.9 Å². The monoisotopic (exact) mass is 207 g/mol. The van der Waals surface area contributed by atoms with Crippen molar-refractivity contribution in [1.29, 1.82) is 0 Å². The standard InChI is InChI=1S/C11H13NO3/c1-8(9(2)13)6-10-4-3-5-11(7-10)12(14)15/h3-5,7-8H,6H2,1-2H3/t8-/m1/s1. The molecule has 1 rings (SSSR count). The summed E-state index contributed by atoms with van der Waals surface area (Å²) < 4.78 is 0. The normalized spacial score (nSPS) is 12.1. The molecular weight excluding hydrogens is 194 g/mol. The number of non-ortho nitro benzene ring substituents is 1. The molecule has 4 heteroatoms. The third kappa shape index (κ3) is 3.16. The molecule has 1 atom stereocenters. The number of benzene rings is 1. The minimum absolute atomic E-state index is 0.0725. The Morgan fingerprint density at radius 2 is 2.20 bits per heavy atom. The van der Waals surface area contributed by atoms with E-state index in [0.29, 0.717) is 6.42 Å². The van der Waals surface area contributed by atoms with E-state index in [1.807, 2.05) is 6.92 Å². The van der Waals surface area contributed by atoms with E-state index < -0.39 is 4.92 Å². The lowest BCUT2D eigenvalue weighted by Crippen LogP contribution is -2.09. The van der Waals surface area contributed by atoms with Crippen LogP contribution in [0.3, 0.4) is 0 Å². The van der Waals surface area contributed by atoms with Gasteiger partial charge in [-0.3, -0.25) is 14.9 Å². The quantitative estimate of drug-likeness (QED) is 0.562. The second-order valence-corrected chi connectivity index (χ2v) is 3.64. The molecule has 0 unspecified atom stereocenters. The fourth-order valence-corrected chi connectivity index (χ4v) is 1.29. The fourth-order valence-electron chi connectivity index (χ4n) is 1.29. The number of rotatable bonds is 4. The summed E-state index contributed by atoms with van der Waals surface area (Å²) in [4.78, 5) is 21.1. The van der Waals surface area contributed by atoms with Crippen LogP contribution in [0.1, 0.15) is 19.4 Å². The van der Waals surface area contributed by atoms with Crippen LogP contribution in [0.4, 0.5) is 5.69 Å². The number of nitrogens with zero attached hydrogens (tertiary/aromatic N) is 1. The van der Waals surface area contributed by atoms with Crippen molar-refractivity contribution in [2.45, 2.75) is 20.3 Å². The number of hydrogen-bond donors (Lipinski definition) is 0. The van der Waals surface area contributed by atoms with E-state index in [1.54, 1.807) is 12.1 Å². The molecule has 1 aromatic carbocycles. The van der Waals surface area contributed by atoms with Gasteiger partial charge in [-0.15, -0.1) is 0 Å². The van der Waals surface area contributed by atoms with Gasteiger partial charge in [0.05, 0.1) is 4.92 Å². The fraction of sp³-hybridized carbons (Fsp3) is 0.364. The summed E-state index contributed by atoms with van der Waals surface area (Å²) >= 11 is 0. The number of hydrogen-bond acceptors (Lipinski definition) is 3. The molecule has 15 heavy (non-hydrogen) atoms. The Hall–Kier alpha value is -1.71. The van der Waals surface area contributed by atoms with Gasteiger partial charge in [-0.1, -0.05) is 19.1 Å². The van der Waals surface area contributed by atoms with Crippen molar-refractivity contribution in [1.82, 2.24) is 0 Å². The molecule has 0 amide bonds. The van der Waals surface area contributed by atoms with Crippen molar-refractivity contribution in [2.75, 3.05) is 0 Å². The van der Waals surface area contributed by atoms with E-state index in [4.69, 9.17) is 0 Å². The van der Waals surface area contributed by atoms with E-state index in [0.717, 1.165) is 5.56 Å². The molecule has 1 aromatic rings. The first kappa shape index (κ1) is 11.4. The highest BCUT2D eigenvalue weighted by molar-refractivity contribution is 5.78. The summed E-state index contributed by atoms with van der Waals surface area (Å²) in [5.74, 6) is 0.00788. The summed E-state index contributed by atoms with van der Waals surface area (Å²) in [5, 5.41) is 10.5.